The number of nitrogens with one attached hydrogen (secondary N) is 1. The van der Waals surface area contributed by atoms with Crippen molar-refractivity contribution in [1.29, 1.82) is 0 Å². The summed E-state index contributed by atoms with van der Waals surface area (Å²) >= 11 is 0. The first-order chi connectivity index (χ1) is 14.5. The maximum Gasteiger partial charge on any atom is 0.339 e. The van der Waals surface area contributed by atoms with Gasteiger partial charge in [0.05, 0.1) is 42.4 Å². The smallest absolute Gasteiger partial charge is 0.339 e. The molecule has 2 heterocycles. The number of carbonyl (C=O) groups excluding carboxylic acids is 3. The molecule has 156 valence electrons. The number of methoxy groups -OCH3 is 2. The standard InChI is InChI=1S/C22H23N3O5/c1-29-20(26)14-9-10-16(21(27)30-2)17(12-14)23-22(28)25-13-15-6-5-11-24(15)18-7-3-4-8-19(18)25/h3-4,7-10,12,15H,5-6,11,13H2,1-2H3,(H,23,28)/t15-/m0/s1. The first-order valence-electron chi connectivity index (χ1n) is 9.78. The summed E-state index contributed by atoms with van der Waals surface area (Å²) in [6, 6.07) is 12.0. The van der Waals surface area contributed by atoms with Crippen LogP contribution in [-0.2, 0) is 9.47 Å². The second kappa shape index (κ2) is 8.06. The number of urea groups is 1. The van der Waals surface area contributed by atoms with E-state index in [-0.39, 0.29) is 28.9 Å². The number of fused-ring (bicyclic) bond motifs is 3. The zero-order valence-electron chi connectivity index (χ0n) is 16.9. The second-order valence-corrected chi connectivity index (χ2v) is 7.26. The fraction of sp³-hybridized carbons (Fsp3) is 0.318. The maximum atomic E-state index is 13.3. The first kappa shape index (κ1) is 19.8. The highest BCUT2D eigenvalue weighted by Gasteiger charge is 2.36. The minimum atomic E-state index is -0.609. The predicted octanol–water partition coefficient (Wildman–Crippen LogP) is 3.28. The van der Waals surface area contributed by atoms with Gasteiger partial charge in [0.15, 0.2) is 0 Å². The summed E-state index contributed by atoms with van der Waals surface area (Å²) in [4.78, 5) is 41.4. The Hall–Kier alpha value is -3.55. The molecule has 0 saturated carbocycles. The monoisotopic (exact) mass is 409 g/mol. The lowest BCUT2D eigenvalue weighted by atomic mass is 10.1. The zero-order chi connectivity index (χ0) is 21.3. The predicted molar refractivity (Wildman–Crippen MR) is 112 cm³/mol. The van der Waals surface area contributed by atoms with E-state index >= 15 is 0 Å². The van der Waals surface area contributed by atoms with Crippen LogP contribution in [0.25, 0.3) is 0 Å². The van der Waals surface area contributed by atoms with Crippen molar-refractivity contribution in [3.8, 4) is 0 Å². The van der Waals surface area contributed by atoms with Crippen molar-refractivity contribution >= 4 is 35.0 Å². The van der Waals surface area contributed by atoms with Crippen LogP contribution >= 0.6 is 0 Å². The molecule has 2 aliphatic rings. The van der Waals surface area contributed by atoms with Gasteiger partial charge in [0.2, 0.25) is 0 Å². The van der Waals surface area contributed by atoms with Crippen molar-refractivity contribution in [3.63, 3.8) is 0 Å². The Kier molecular flexibility index (Phi) is 5.31. The molecule has 1 N–H and O–H groups in total. The Morgan fingerprint density at radius 2 is 1.73 bits per heavy atom. The van der Waals surface area contributed by atoms with Gasteiger partial charge in [-0.25, -0.2) is 14.4 Å². The second-order valence-electron chi connectivity index (χ2n) is 7.26. The topological polar surface area (TPSA) is 88.2 Å². The van der Waals surface area contributed by atoms with Gasteiger partial charge in [-0.15, -0.1) is 0 Å². The van der Waals surface area contributed by atoms with Crippen LogP contribution in [0.15, 0.2) is 42.5 Å². The molecule has 0 aliphatic carbocycles. The molecular weight excluding hydrogens is 386 g/mol. The van der Waals surface area contributed by atoms with Crippen LogP contribution in [0.2, 0.25) is 0 Å². The van der Waals surface area contributed by atoms with Gasteiger partial charge in [0, 0.05) is 19.1 Å². The Balaban J connectivity index is 1.67. The first-order valence-corrected chi connectivity index (χ1v) is 9.78. The van der Waals surface area contributed by atoms with Gasteiger partial charge in [0.25, 0.3) is 0 Å². The van der Waals surface area contributed by atoms with Crippen LogP contribution in [0, 0.1) is 0 Å². The van der Waals surface area contributed by atoms with Gasteiger partial charge in [-0.2, -0.15) is 0 Å². The van der Waals surface area contributed by atoms with Gasteiger partial charge in [0.1, 0.15) is 0 Å². The molecule has 1 saturated heterocycles. The van der Waals surface area contributed by atoms with Gasteiger partial charge >= 0.3 is 18.0 Å². The van der Waals surface area contributed by atoms with Crippen molar-refractivity contribution in [2.24, 2.45) is 0 Å². The average molecular weight is 409 g/mol. The van der Waals surface area contributed by atoms with Crippen molar-refractivity contribution in [2.75, 3.05) is 42.4 Å². The molecular formula is C22H23N3O5. The third-order valence-electron chi connectivity index (χ3n) is 5.59. The lowest BCUT2D eigenvalue weighted by Gasteiger charge is -2.40. The van der Waals surface area contributed by atoms with E-state index in [0.29, 0.717) is 6.54 Å². The molecule has 8 heteroatoms. The van der Waals surface area contributed by atoms with E-state index in [1.807, 2.05) is 24.3 Å². The normalized spacial score (nSPS) is 17.1. The zero-order valence-corrected chi connectivity index (χ0v) is 16.9. The molecule has 1 fully saturated rings. The summed E-state index contributed by atoms with van der Waals surface area (Å²) in [5.74, 6) is -1.17. The number of hydrogen-bond acceptors (Lipinski definition) is 6. The number of carbonyl (C=O) groups is 3. The molecule has 30 heavy (non-hydrogen) atoms. The number of esters is 2. The fourth-order valence-electron chi connectivity index (χ4n) is 4.14. The molecule has 1 atom stereocenters. The maximum absolute atomic E-state index is 13.3. The minimum Gasteiger partial charge on any atom is -0.465 e. The Morgan fingerprint density at radius 1 is 1.00 bits per heavy atom. The van der Waals surface area contributed by atoms with Crippen LogP contribution in [0.3, 0.4) is 0 Å². The fourth-order valence-corrected chi connectivity index (χ4v) is 4.14. The molecule has 0 spiro atoms. The Labute approximate surface area is 174 Å². The lowest BCUT2D eigenvalue weighted by molar-refractivity contribution is 0.0587. The number of benzene rings is 2. The molecule has 2 amide bonds. The lowest BCUT2D eigenvalue weighted by Crippen LogP contribution is -2.49. The van der Waals surface area contributed by atoms with E-state index in [0.717, 1.165) is 30.8 Å². The van der Waals surface area contributed by atoms with Crippen LogP contribution in [0.4, 0.5) is 21.9 Å². The summed E-state index contributed by atoms with van der Waals surface area (Å²) < 4.78 is 9.57. The molecule has 2 aromatic carbocycles. The van der Waals surface area contributed by atoms with Crippen LogP contribution < -0.4 is 15.1 Å². The van der Waals surface area contributed by atoms with Crippen molar-refractivity contribution in [1.82, 2.24) is 0 Å². The quantitative estimate of drug-likeness (QED) is 0.783. The van der Waals surface area contributed by atoms with Crippen LogP contribution in [0.1, 0.15) is 33.6 Å². The van der Waals surface area contributed by atoms with Gasteiger partial charge < -0.3 is 19.7 Å². The molecule has 2 aromatic rings. The van der Waals surface area contributed by atoms with E-state index in [2.05, 4.69) is 10.2 Å². The van der Waals surface area contributed by atoms with Crippen molar-refractivity contribution in [3.05, 3.63) is 53.6 Å². The summed E-state index contributed by atoms with van der Waals surface area (Å²) in [5.41, 5.74) is 2.42. The van der Waals surface area contributed by atoms with Gasteiger partial charge in [-0.1, -0.05) is 12.1 Å². The number of ether oxygens (including phenoxy) is 2. The van der Waals surface area contributed by atoms with Crippen LogP contribution in [-0.4, -0.2) is 51.3 Å². The van der Waals surface area contributed by atoms with Crippen molar-refractivity contribution < 1.29 is 23.9 Å². The highest BCUT2D eigenvalue weighted by molar-refractivity contribution is 6.09. The summed E-state index contributed by atoms with van der Waals surface area (Å²) in [6.07, 6.45) is 2.10. The van der Waals surface area contributed by atoms with Crippen molar-refractivity contribution in [2.45, 2.75) is 18.9 Å². The Morgan fingerprint density at radius 3 is 2.47 bits per heavy atom. The summed E-state index contributed by atoms with van der Waals surface area (Å²) in [6.45, 7) is 1.53. The number of anilines is 3. The third kappa shape index (κ3) is 3.45. The molecule has 2 aliphatic heterocycles. The molecule has 8 nitrogen and oxygen atoms in total. The minimum absolute atomic E-state index is 0.159. The molecule has 0 unspecified atom stereocenters. The molecule has 0 radical (unpaired) electrons. The number of hydrogen-bond donors (Lipinski definition) is 1. The Bertz CT molecular complexity index is 1010. The third-order valence-corrected chi connectivity index (χ3v) is 5.59. The summed E-state index contributed by atoms with van der Waals surface area (Å²) in [7, 11) is 2.53. The average Bonchev–Trinajstić information content (AvgIpc) is 3.26. The number of amides is 2. The number of para-hydroxylation sites is 2. The molecule has 0 aromatic heterocycles. The molecule has 0 bridgehead atoms. The summed E-state index contributed by atoms with van der Waals surface area (Å²) in [5, 5.41) is 2.80. The van der Waals surface area contributed by atoms with E-state index in [9.17, 15) is 14.4 Å². The number of nitrogens with zero attached hydrogens (tertiary/aromatic N) is 2. The molecule has 4 rings (SSSR count). The number of rotatable bonds is 3. The highest BCUT2D eigenvalue weighted by Crippen LogP contribution is 2.39. The highest BCUT2D eigenvalue weighted by atomic mass is 16.5. The van der Waals surface area contributed by atoms with E-state index in [1.54, 1.807) is 4.90 Å². The van der Waals surface area contributed by atoms with E-state index in [1.165, 1.54) is 32.4 Å². The van der Waals surface area contributed by atoms with Gasteiger partial charge in [-0.3, -0.25) is 4.90 Å². The van der Waals surface area contributed by atoms with Gasteiger partial charge in [-0.05, 0) is 43.2 Å². The van der Waals surface area contributed by atoms with E-state index < -0.39 is 11.9 Å². The largest absolute Gasteiger partial charge is 0.465 e. The van der Waals surface area contributed by atoms with E-state index in [4.69, 9.17) is 9.47 Å². The SMILES string of the molecule is COC(=O)c1ccc(C(=O)OC)c(NC(=O)N2C[C@@H]3CCCN3c3ccccc32)c1. The van der Waals surface area contributed by atoms with Crippen LogP contribution in [0.5, 0.6) is 0 Å².